The van der Waals surface area contributed by atoms with Crippen LogP contribution < -0.4 is 10.5 Å². The first-order chi connectivity index (χ1) is 9.49. The highest BCUT2D eigenvalue weighted by atomic mass is 32.2. The fourth-order valence-electron chi connectivity index (χ4n) is 1.64. The van der Waals surface area contributed by atoms with Crippen molar-refractivity contribution in [2.45, 2.75) is 11.3 Å². The van der Waals surface area contributed by atoms with Crippen molar-refractivity contribution in [3.05, 3.63) is 54.1 Å². The molecule has 3 N–H and O–H groups in total. The lowest BCUT2D eigenvalue weighted by atomic mass is 10.2. The molecule has 0 saturated carbocycles. The number of anilines is 1. The third-order valence-electron chi connectivity index (χ3n) is 2.74. The van der Waals surface area contributed by atoms with E-state index in [0.29, 0.717) is 6.42 Å². The second-order valence-corrected chi connectivity index (χ2v) is 5.95. The van der Waals surface area contributed by atoms with Gasteiger partial charge in [-0.05, 0) is 42.3 Å². The van der Waals surface area contributed by atoms with Gasteiger partial charge in [0.25, 0.3) is 0 Å². The Balaban J connectivity index is 2.02. The van der Waals surface area contributed by atoms with E-state index in [4.69, 9.17) is 5.73 Å². The third-order valence-corrected chi connectivity index (χ3v) is 4.20. The van der Waals surface area contributed by atoms with Gasteiger partial charge in [0.2, 0.25) is 10.0 Å². The smallest absolute Gasteiger partial charge is 0.240 e. The molecule has 1 heterocycles. The Morgan fingerprint density at radius 1 is 1.20 bits per heavy atom. The number of benzene rings is 1. The molecule has 1 aromatic carbocycles. The van der Waals surface area contributed by atoms with Gasteiger partial charge in [-0.1, -0.05) is 0 Å². The molecule has 5 nitrogen and oxygen atoms in total. The van der Waals surface area contributed by atoms with E-state index in [0.717, 1.165) is 11.6 Å². The highest BCUT2D eigenvalue weighted by Crippen LogP contribution is 2.16. The van der Waals surface area contributed by atoms with Crippen LogP contribution in [0.1, 0.15) is 5.56 Å². The van der Waals surface area contributed by atoms with Crippen molar-refractivity contribution in [1.29, 1.82) is 0 Å². The Morgan fingerprint density at radius 3 is 2.55 bits per heavy atom. The maximum absolute atomic E-state index is 13.3. The molecular formula is C13H14FN3O2S. The molecule has 0 aliphatic carbocycles. The molecule has 0 aliphatic rings. The van der Waals surface area contributed by atoms with Gasteiger partial charge < -0.3 is 5.73 Å². The first-order valence-corrected chi connectivity index (χ1v) is 7.41. The highest BCUT2D eigenvalue weighted by Gasteiger charge is 2.15. The maximum Gasteiger partial charge on any atom is 0.240 e. The Labute approximate surface area is 116 Å². The zero-order chi connectivity index (χ0) is 14.6. The van der Waals surface area contributed by atoms with E-state index >= 15 is 0 Å². The van der Waals surface area contributed by atoms with E-state index in [-0.39, 0.29) is 17.1 Å². The fraction of sp³-hybridized carbons (Fsp3) is 0.154. The van der Waals surface area contributed by atoms with Gasteiger partial charge in [-0.25, -0.2) is 17.5 Å². The minimum Gasteiger partial charge on any atom is -0.396 e. The predicted molar refractivity (Wildman–Crippen MR) is 73.9 cm³/mol. The van der Waals surface area contributed by atoms with Crippen molar-refractivity contribution < 1.29 is 12.8 Å². The first-order valence-electron chi connectivity index (χ1n) is 5.92. The van der Waals surface area contributed by atoms with Crippen LogP contribution >= 0.6 is 0 Å². The molecule has 0 unspecified atom stereocenters. The molecule has 7 heteroatoms. The number of aromatic nitrogens is 1. The molecule has 106 valence electrons. The minimum atomic E-state index is -3.73. The zero-order valence-corrected chi connectivity index (χ0v) is 11.4. The van der Waals surface area contributed by atoms with Crippen LogP contribution in [0.2, 0.25) is 0 Å². The van der Waals surface area contributed by atoms with Crippen LogP contribution in [0.5, 0.6) is 0 Å². The molecule has 0 fully saturated rings. The van der Waals surface area contributed by atoms with Gasteiger partial charge >= 0.3 is 0 Å². The van der Waals surface area contributed by atoms with Crippen LogP contribution in [0.25, 0.3) is 0 Å². The van der Waals surface area contributed by atoms with E-state index in [2.05, 4.69) is 9.71 Å². The monoisotopic (exact) mass is 295 g/mol. The SMILES string of the molecule is Nc1ccc(S(=O)(=O)NCCc2ccncc2)cc1F. The number of sulfonamides is 1. The molecule has 0 spiro atoms. The molecular weight excluding hydrogens is 281 g/mol. The molecule has 0 saturated heterocycles. The van der Waals surface area contributed by atoms with E-state index in [1.807, 2.05) is 0 Å². The number of nitrogens with one attached hydrogen (secondary N) is 1. The van der Waals surface area contributed by atoms with E-state index in [9.17, 15) is 12.8 Å². The highest BCUT2D eigenvalue weighted by molar-refractivity contribution is 7.89. The number of rotatable bonds is 5. The summed E-state index contributed by atoms with van der Waals surface area (Å²) < 4.78 is 39.6. The number of pyridine rings is 1. The van der Waals surface area contributed by atoms with Gasteiger partial charge in [-0.15, -0.1) is 0 Å². The summed E-state index contributed by atoms with van der Waals surface area (Å²) in [6.45, 7) is 0.221. The van der Waals surface area contributed by atoms with Gasteiger partial charge in [0.1, 0.15) is 5.82 Å². The molecule has 2 rings (SSSR count). The topological polar surface area (TPSA) is 85.1 Å². The number of hydrogen-bond acceptors (Lipinski definition) is 4. The van der Waals surface area contributed by atoms with Crippen molar-refractivity contribution in [1.82, 2.24) is 9.71 Å². The predicted octanol–water partition coefficient (Wildman–Crippen LogP) is 1.32. The van der Waals surface area contributed by atoms with E-state index in [1.54, 1.807) is 24.5 Å². The molecule has 0 amide bonds. The summed E-state index contributed by atoms with van der Waals surface area (Å²) in [5, 5.41) is 0. The first kappa shape index (κ1) is 14.4. The Kier molecular flexibility index (Phi) is 4.31. The molecule has 0 bridgehead atoms. The Morgan fingerprint density at radius 2 is 1.90 bits per heavy atom. The van der Waals surface area contributed by atoms with Gasteiger partial charge in [0.05, 0.1) is 10.6 Å². The average molecular weight is 295 g/mol. The van der Waals surface area contributed by atoms with Crippen LogP contribution in [-0.2, 0) is 16.4 Å². The lowest BCUT2D eigenvalue weighted by molar-refractivity contribution is 0.578. The zero-order valence-electron chi connectivity index (χ0n) is 10.6. The van der Waals surface area contributed by atoms with Gasteiger partial charge in [-0.2, -0.15) is 0 Å². The maximum atomic E-state index is 13.3. The van der Waals surface area contributed by atoms with Gasteiger partial charge in [0, 0.05) is 18.9 Å². The van der Waals surface area contributed by atoms with E-state index < -0.39 is 15.8 Å². The van der Waals surface area contributed by atoms with Crippen LogP contribution in [0, 0.1) is 5.82 Å². The van der Waals surface area contributed by atoms with Crippen molar-refractivity contribution in [2.24, 2.45) is 0 Å². The normalized spacial score (nSPS) is 11.4. The molecule has 0 atom stereocenters. The van der Waals surface area contributed by atoms with Crippen LogP contribution in [-0.4, -0.2) is 19.9 Å². The lowest BCUT2D eigenvalue weighted by Crippen LogP contribution is -2.26. The summed E-state index contributed by atoms with van der Waals surface area (Å²) in [7, 11) is -3.73. The van der Waals surface area contributed by atoms with Crippen LogP contribution in [0.3, 0.4) is 0 Å². The summed E-state index contributed by atoms with van der Waals surface area (Å²) in [6, 6.07) is 7.01. The van der Waals surface area contributed by atoms with Crippen molar-refractivity contribution in [3.63, 3.8) is 0 Å². The average Bonchev–Trinajstić information content (AvgIpc) is 2.43. The molecule has 20 heavy (non-hydrogen) atoms. The second kappa shape index (κ2) is 5.98. The van der Waals surface area contributed by atoms with Crippen LogP contribution in [0.4, 0.5) is 10.1 Å². The molecule has 0 radical (unpaired) electrons. The minimum absolute atomic E-state index is 0.0827. The summed E-state index contributed by atoms with van der Waals surface area (Å²) in [4.78, 5) is 3.74. The Hall–Kier alpha value is -1.99. The fourth-order valence-corrected chi connectivity index (χ4v) is 2.68. The quantitative estimate of drug-likeness (QED) is 0.815. The standard InChI is InChI=1S/C13H14FN3O2S/c14-12-9-11(1-2-13(12)15)20(18,19)17-8-5-10-3-6-16-7-4-10/h1-4,6-7,9,17H,5,8,15H2. The number of nitrogens with two attached hydrogens (primary N) is 1. The summed E-state index contributed by atoms with van der Waals surface area (Å²) >= 11 is 0. The van der Waals surface area contributed by atoms with Gasteiger partial charge in [-0.3, -0.25) is 4.98 Å². The van der Waals surface area contributed by atoms with Crippen molar-refractivity contribution >= 4 is 15.7 Å². The molecule has 2 aromatic rings. The number of hydrogen-bond donors (Lipinski definition) is 2. The van der Waals surface area contributed by atoms with Gasteiger partial charge in [0.15, 0.2) is 0 Å². The number of halogens is 1. The summed E-state index contributed by atoms with van der Waals surface area (Å²) in [6.07, 6.45) is 3.80. The number of nitrogens with zero attached hydrogens (tertiary/aromatic N) is 1. The summed E-state index contributed by atoms with van der Waals surface area (Å²) in [5.74, 6) is -0.748. The number of nitrogen functional groups attached to an aromatic ring is 1. The molecule has 0 aliphatic heterocycles. The lowest BCUT2D eigenvalue weighted by Gasteiger charge is -2.07. The third kappa shape index (κ3) is 3.52. The largest absolute Gasteiger partial charge is 0.396 e. The molecule has 1 aromatic heterocycles. The van der Waals surface area contributed by atoms with Crippen molar-refractivity contribution in [2.75, 3.05) is 12.3 Å². The van der Waals surface area contributed by atoms with E-state index in [1.165, 1.54) is 12.1 Å². The second-order valence-electron chi connectivity index (χ2n) is 4.19. The Bertz CT molecular complexity index is 690. The summed E-state index contributed by atoms with van der Waals surface area (Å²) in [5.41, 5.74) is 6.19. The van der Waals surface area contributed by atoms with Crippen LogP contribution in [0.15, 0.2) is 47.6 Å². The van der Waals surface area contributed by atoms with Crippen molar-refractivity contribution in [3.8, 4) is 0 Å².